The van der Waals surface area contributed by atoms with Crippen molar-refractivity contribution in [2.45, 2.75) is 44.0 Å². The molecule has 3 rings (SSSR count). The molecule has 7 heteroatoms. The molecular formula is C17H22N2O3S2. The van der Waals surface area contributed by atoms with Crippen molar-refractivity contribution in [3.8, 4) is 0 Å². The average Bonchev–Trinajstić information content (AvgIpc) is 2.99. The molecule has 130 valence electrons. The number of thioether (sulfide) groups is 1. The van der Waals surface area contributed by atoms with Crippen molar-refractivity contribution in [1.82, 2.24) is 4.90 Å². The summed E-state index contributed by atoms with van der Waals surface area (Å²) in [5.41, 5.74) is 1.09. The Kier molecular flexibility index (Phi) is 5.30. The van der Waals surface area contributed by atoms with E-state index in [9.17, 15) is 13.2 Å². The minimum atomic E-state index is -3.00. The second-order valence-electron chi connectivity index (χ2n) is 6.31. The van der Waals surface area contributed by atoms with Crippen LogP contribution in [-0.4, -0.2) is 47.2 Å². The molecule has 2 aliphatic heterocycles. The molecule has 0 aliphatic carbocycles. The van der Waals surface area contributed by atoms with Crippen LogP contribution in [0.1, 0.15) is 31.7 Å². The van der Waals surface area contributed by atoms with Crippen LogP contribution in [0.15, 0.2) is 35.3 Å². The van der Waals surface area contributed by atoms with E-state index in [-0.39, 0.29) is 28.7 Å². The van der Waals surface area contributed by atoms with Crippen LogP contribution in [0.4, 0.5) is 0 Å². The van der Waals surface area contributed by atoms with Crippen molar-refractivity contribution in [1.29, 1.82) is 0 Å². The molecule has 0 spiro atoms. The molecule has 2 fully saturated rings. The quantitative estimate of drug-likeness (QED) is 0.801. The Hall–Kier alpha value is -1.34. The lowest BCUT2D eigenvalue weighted by Gasteiger charge is -2.24. The van der Waals surface area contributed by atoms with Gasteiger partial charge in [-0.05, 0) is 12.0 Å². The first-order chi connectivity index (χ1) is 11.5. The summed E-state index contributed by atoms with van der Waals surface area (Å²) in [6, 6.07) is 9.82. The zero-order chi connectivity index (χ0) is 17.2. The summed E-state index contributed by atoms with van der Waals surface area (Å²) in [7, 11) is -3.00. The molecule has 2 atom stereocenters. The van der Waals surface area contributed by atoms with E-state index in [0.29, 0.717) is 18.1 Å². The number of benzene rings is 1. The predicted octanol–water partition coefficient (Wildman–Crippen LogP) is 2.47. The van der Waals surface area contributed by atoms with Gasteiger partial charge < -0.3 is 4.90 Å². The van der Waals surface area contributed by atoms with Crippen molar-refractivity contribution in [3.05, 3.63) is 35.9 Å². The molecule has 2 unspecified atom stereocenters. The maximum Gasteiger partial charge on any atom is 0.248 e. The van der Waals surface area contributed by atoms with Gasteiger partial charge in [0.25, 0.3) is 0 Å². The molecular weight excluding hydrogens is 344 g/mol. The van der Waals surface area contributed by atoms with E-state index in [1.807, 2.05) is 42.2 Å². The van der Waals surface area contributed by atoms with Gasteiger partial charge in [-0.15, -0.1) is 0 Å². The molecule has 24 heavy (non-hydrogen) atoms. The maximum absolute atomic E-state index is 12.1. The summed E-state index contributed by atoms with van der Waals surface area (Å²) in [6.45, 7) is 2.63. The van der Waals surface area contributed by atoms with Crippen LogP contribution in [0.5, 0.6) is 0 Å². The Bertz CT molecular complexity index is 731. The lowest BCUT2D eigenvalue weighted by atomic mass is 10.1. The molecule has 1 aromatic carbocycles. The molecule has 2 aliphatic rings. The predicted molar refractivity (Wildman–Crippen MR) is 97.8 cm³/mol. The van der Waals surface area contributed by atoms with Crippen molar-refractivity contribution in [2.24, 2.45) is 4.99 Å². The molecule has 5 nitrogen and oxygen atoms in total. The number of unbranched alkanes of at least 4 members (excludes halogenated alkanes) is 1. The molecule has 2 heterocycles. The van der Waals surface area contributed by atoms with Gasteiger partial charge in [0, 0.05) is 18.2 Å². The Morgan fingerprint density at radius 1 is 1.29 bits per heavy atom. The summed E-state index contributed by atoms with van der Waals surface area (Å²) >= 11 is 1.45. The van der Waals surface area contributed by atoms with Crippen LogP contribution < -0.4 is 0 Å². The molecule has 0 saturated carbocycles. The molecule has 2 saturated heterocycles. The number of nitrogens with zero attached hydrogens (tertiary/aromatic N) is 2. The van der Waals surface area contributed by atoms with Crippen molar-refractivity contribution in [2.75, 3.05) is 11.5 Å². The van der Waals surface area contributed by atoms with Crippen LogP contribution in [-0.2, 0) is 21.2 Å². The highest BCUT2D eigenvalue weighted by molar-refractivity contribution is 8.15. The smallest absolute Gasteiger partial charge is 0.248 e. The van der Waals surface area contributed by atoms with E-state index in [2.05, 4.69) is 4.99 Å². The minimum Gasteiger partial charge on any atom is -0.342 e. The van der Waals surface area contributed by atoms with Crippen molar-refractivity contribution < 1.29 is 13.2 Å². The summed E-state index contributed by atoms with van der Waals surface area (Å²) in [4.78, 5) is 18.4. The summed E-state index contributed by atoms with van der Waals surface area (Å²) in [5.74, 6) is 0.218. The molecule has 0 bridgehead atoms. The first-order valence-electron chi connectivity index (χ1n) is 8.27. The van der Waals surface area contributed by atoms with Crippen LogP contribution in [0, 0.1) is 0 Å². The third-order valence-corrected chi connectivity index (χ3v) is 7.58. The van der Waals surface area contributed by atoms with Gasteiger partial charge in [-0.1, -0.05) is 55.4 Å². The number of amidine groups is 1. The lowest BCUT2D eigenvalue weighted by Crippen LogP contribution is -2.37. The second-order valence-corrected chi connectivity index (χ2v) is 9.67. The molecule has 0 aromatic heterocycles. The van der Waals surface area contributed by atoms with E-state index < -0.39 is 9.84 Å². The Balaban J connectivity index is 1.82. The van der Waals surface area contributed by atoms with Gasteiger partial charge >= 0.3 is 0 Å². The standard InChI is InChI=1S/C17H22N2O3S2/c1-2-3-9-16(20)18-17-19(10-13-7-5-4-6-8-13)14-11-24(21,22)12-15(14)23-17/h4-8,14-15H,2-3,9-12H2,1H3. The minimum absolute atomic E-state index is 0.0172. The highest BCUT2D eigenvalue weighted by atomic mass is 32.2. The van der Waals surface area contributed by atoms with Gasteiger partial charge in [-0.2, -0.15) is 4.99 Å². The van der Waals surface area contributed by atoms with E-state index in [1.165, 1.54) is 11.8 Å². The fraction of sp³-hybridized carbons (Fsp3) is 0.529. The van der Waals surface area contributed by atoms with Crippen LogP contribution in [0.3, 0.4) is 0 Å². The van der Waals surface area contributed by atoms with E-state index in [1.54, 1.807) is 0 Å². The number of sulfone groups is 1. The summed E-state index contributed by atoms with van der Waals surface area (Å²) in [6.07, 6.45) is 2.24. The van der Waals surface area contributed by atoms with Gasteiger partial charge in [0.2, 0.25) is 5.91 Å². The zero-order valence-corrected chi connectivity index (χ0v) is 15.4. The van der Waals surface area contributed by atoms with Crippen LogP contribution >= 0.6 is 11.8 Å². The number of carbonyl (C=O) groups is 1. The summed E-state index contributed by atoms with van der Waals surface area (Å²) < 4.78 is 23.9. The van der Waals surface area contributed by atoms with Crippen LogP contribution in [0.25, 0.3) is 0 Å². The first-order valence-corrected chi connectivity index (χ1v) is 11.0. The topological polar surface area (TPSA) is 66.8 Å². The maximum atomic E-state index is 12.1. The van der Waals surface area contributed by atoms with Gasteiger partial charge in [0.1, 0.15) is 0 Å². The van der Waals surface area contributed by atoms with Crippen molar-refractivity contribution in [3.63, 3.8) is 0 Å². The fourth-order valence-corrected chi connectivity index (χ4v) is 7.06. The monoisotopic (exact) mass is 366 g/mol. The molecule has 1 aromatic rings. The zero-order valence-electron chi connectivity index (χ0n) is 13.7. The number of rotatable bonds is 5. The fourth-order valence-electron chi connectivity index (χ4n) is 3.09. The van der Waals surface area contributed by atoms with Gasteiger partial charge in [0.15, 0.2) is 15.0 Å². The van der Waals surface area contributed by atoms with Crippen molar-refractivity contribution >= 4 is 32.7 Å². The number of fused-ring (bicyclic) bond motifs is 1. The van der Waals surface area contributed by atoms with E-state index in [0.717, 1.165) is 18.4 Å². The van der Waals surface area contributed by atoms with E-state index >= 15 is 0 Å². The number of aliphatic imine (C=N–C) groups is 1. The van der Waals surface area contributed by atoms with E-state index in [4.69, 9.17) is 0 Å². The highest BCUT2D eigenvalue weighted by Crippen LogP contribution is 2.39. The Labute approximate surface area is 147 Å². The SMILES string of the molecule is CCCCC(=O)N=C1SC2CS(=O)(=O)CC2N1Cc1ccccc1. The largest absolute Gasteiger partial charge is 0.342 e. The highest BCUT2D eigenvalue weighted by Gasteiger charge is 2.48. The first kappa shape index (κ1) is 17.5. The summed E-state index contributed by atoms with van der Waals surface area (Å²) in [5, 5.41) is 0.668. The Morgan fingerprint density at radius 2 is 2.04 bits per heavy atom. The normalized spacial score (nSPS) is 26.7. The number of carbonyl (C=O) groups excluding carboxylic acids is 1. The van der Waals surface area contributed by atoms with Gasteiger partial charge in [0.05, 0.1) is 17.5 Å². The molecule has 0 radical (unpaired) electrons. The third kappa shape index (κ3) is 4.00. The molecule has 0 N–H and O–H groups in total. The Morgan fingerprint density at radius 3 is 2.75 bits per heavy atom. The van der Waals surface area contributed by atoms with Gasteiger partial charge in [-0.25, -0.2) is 8.42 Å². The average molecular weight is 367 g/mol. The van der Waals surface area contributed by atoms with Crippen LogP contribution in [0.2, 0.25) is 0 Å². The third-order valence-electron chi connectivity index (χ3n) is 4.34. The van der Waals surface area contributed by atoms with Gasteiger partial charge in [-0.3, -0.25) is 4.79 Å². The number of hydrogen-bond acceptors (Lipinski definition) is 4. The number of hydrogen-bond donors (Lipinski definition) is 0. The molecule has 1 amide bonds. The second kappa shape index (κ2) is 7.27. The number of amides is 1. The lowest BCUT2D eigenvalue weighted by molar-refractivity contribution is -0.117.